The molecule has 0 aliphatic carbocycles. The van der Waals surface area contributed by atoms with Crippen LogP contribution in [0.4, 0.5) is 5.69 Å². The number of hydrogen-bond donors (Lipinski definition) is 2. The van der Waals surface area contributed by atoms with Gasteiger partial charge in [-0.3, -0.25) is 9.69 Å². The largest absolute Gasteiger partial charge is 0.497 e. The van der Waals surface area contributed by atoms with E-state index in [2.05, 4.69) is 46.1 Å². The Morgan fingerprint density at radius 1 is 1.24 bits per heavy atom. The quantitative estimate of drug-likeness (QED) is 0.474. The first-order chi connectivity index (χ1) is 16.4. The van der Waals surface area contributed by atoms with Crippen LogP contribution >= 0.6 is 12.2 Å². The number of nitrogens with one attached hydrogen (secondary N) is 2. The number of hydrogen-bond acceptors (Lipinski definition) is 4. The highest BCUT2D eigenvalue weighted by Gasteiger charge is 2.26. The van der Waals surface area contributed by atoms with Gasteiger partial charge in [0.25, 0.3) is 5.56 Å². The fraction of sp³-hybridized carbons (Fsp3) is 0.407. The third-order valence-corrected chi connectivity index (χ3v) is 7.31. The molecule has 2 aromatic carbocycles. The van der Waals surface area contributed by atoms with Gasteiger partial charge < -0.3 is 19.9 Å². The van der Waals surface area contributed by atoms with Crippen LogP contribution in [0.5, 0.6) is 5.75 Å². The van der Waals surface area contributed by atoms with Crippen LogP contribution < -0.4 is 15.6 Å². The summed E-state index contributed by atoms with van der Waals surface area (Å²) in [5.74, 6) is 0.797. The van der Waals surface area contributed by atoms with Crippen molar-refractivity contribution in [2.75, 3.05) is 32.1 Å². The highest BCUT2D eigenvalue weighted by atomic mass is 32.1. The van der Waals surface area contributed by atoms with E-state index in [0.29, 0.717) is 17.7 Å². The minimum Gasteiger partial charge on any atom is -0.497 e. The van der Waals surface area contributed by atoms with Crippen molar-refractivity contribution in [1.82, 2.24) is 14.8 Å². The van der Waals surface area contributed by atoms with Gasteiger partial charge in [0.1, 0.15) is 5.75 Å². The molecule has 1 fully saturated rings. The van der Waals surface area contributed by atoms with E-state index in [1.54, 1.807) is 7.11 Å². The molecule has 0 bridgehead atoms. The predicted molar refractivity (Wildman–Crippen MR) is 144 cm³/mol. The predicted octanol–water partition coefficient (Wildman–Crippen LogP) is 4.84. The molecule has 0 spiro atoms. The third kappa shape index (κ3) is 5.26. The number of anilines is 1. The first-order valence-corrected chi connectivity index (χ1v) is 12.4. The van der Waals surface area contributed by atoms with Crippen molar-refractivity contribution in [3.05, 3.63) is 69.5 Å². The first kappa shape index (κ1) is 24.2. The Balaban J connectivity index is 1.62. The van der Waals surface area contributed by atoms with Crippen molar-refractivity contribution in [2.45, 2.75) is 46.2 Å². The van der Waals surface area contributed by atoms with Crippen LogP contribution in [0.25, 0.3) is 10.9 Å². The van der Waals surface area contributed by atoms with Gasteiger partial charge in [0.15, 0.2) is 5.11 Å². The summed E-state index contributed by atoms with van der Waals surface area (Å²) in [7, 11) is 1.65. The normalized spacial score (nSPS) is 16.1. The number of likely N-dealkylation sites (tertiary alicyclic amines) is 1. The van der Waals surface area contributed by atoms with Crippen molar-refractivity contribution in [1.29, 1.82) is 0 Å². The van der Waals surface area contributed by atoms with E-state index in [4.69, 9.17) is 17.0 Å². The standard InChI is InChI=1S/C27H34N4O2S/c1-5-30-14-6-7-23(30)17-31(27(34)28-22-10-12-24(33-4)13-11-22)16-21-15-20-9-8-18(2)19(3)25(20)29-26(21)32/h8-13,15,23H,5-7,14,16-17H2,1-4H3,(H,28,34)(H,29,32). The van der Waals surface area contributed by atoms with Crippen LogP contribution in [-0.4, -0.2) is 52.7 Å². The molecular formula is C27H34N4O2S. The molecule has 1 saturated heterocycles. The zero-order valence-corrected chi connectivity index (χ0v) is 21.3. The number of thiocarbonyl (C=S) groups is 1. The molecule has 1 unspecified atom stereocenters. The fourth-order valence-corrected chi connectivity index (χ4v) is 5.02. The summed E-state index contributed by atoms with van der Waals surface area (Å²) in [6, 6.07) is 14.3. The molecule has 1 aliphatic rings. The number of ether oxygens (including phenoxy) is 1. The van der Waals surface area contributed by atoms with E-state index < -0.39 is 0 Å². The number of benzene rings is 2. The maximum atomic E-state index is 13.1. The van der Waals surface area contributed by atoms with Gasteiger partial charge in [-0.05, 0) is 98.8 Å². The van der Waals surface area contributed by atoms with Crippen molar-refractivity contribution in [2.24, 2.45) is 0 Å². The summed E-state index contributed by atoms with van der Waals surface area (Å²) in [5, 5.41) is 5.03. The lowest BCUT2D eigenvalue weighted by atomic mass is 10.0. The zero-order valence-electron chi connectivity index (χ0n) is 20.5. The van der Waals surface area contributed by atoms with Gasteiger partial charge in [0.2, 0.25) is 0 Å². The summed E-state index contributed by atoms with van der Waals surface area (Å²) in [5.41, 5.74) is 4.75. The topological polar surface area (TPSA) is 60.6 Å². The Hall–Kier alpha value is -2.90. The molecule has 1 atom stereocenters. The monoisotopic (exact) mass is 478 g/mol. The lowest BCUT2D eigenvalue weighted by Crippen LogP contribution is -2.44. The van der Waals surface area contributed by atoms with Crippen LogP contribution in [0.3, 0.4) is 0 Å². The van der Waals surface area contributed by atoms with Gasteiger partial charge in [-0.15, -0.1) is 0 Å². The number of rotatable bonds is 7. The average Bonchev–Trinajstić information content (AvgIpc) is 3.29. The number of aromatic amines is 1. The van der Waals surface area contributed by atoms with E-state index >= 15 is 0 Å². The summed E-state index contributed by atoms with van der Waals surface area (Å²) >= 11 is 5.86. The Morgan fingerprint density at radius 3 is 2.71 bits per heavy atom. The molecule has 1 aromatic heterocycles. The summed E-state index contributed by atoms with van der Waals surface area (Å²) in [6.07, 6.45) is 2.34. The SMILES string of the molecule is CCN1CCCC1CN(Cc1cc2ccc(C)c(C)c2[nH]c1=O)C(=S)Nc1ccc(OC)cc1. The lowest BCUT2D eigenvalue weighted by Gasteiger charge is -2.32. The molecule has 3 aromatic rings. The Kier molecular flexibility index (Phi) is 7.54. The molecule has 180 valence electrons. The number of likely N-dealkylation sites (N-methyl/N-ethyl adjacent to an activating group) is 1. The number of aromatic nitrogens is 1. The second-order valence-corrected chi connectivity index (χ2v) is 9.45. The minimum absolute atomic E-state index is 0.0581. The Labute approximate surface area is 206 Å². The Morgan fingerprint density at radius 2 is 2.00 bits per heavy atom. The zero-order chi connectivity index (χ0) is 24.2. The molecule has 34 heavy (non-hydrogen) atoms. The van der Waals surface area contributed by atoms with Crippen molar-refractivity contribution in [3.8, 4) is 5.75 Å². The number of H-pyrrole nitrogens is 1. The van der Waals surface area contributed by atoms with Crippen LogP contribution in [-0.2, 0) is 6.54 Å². The van der Waals surface area contributed by atoms with Crippen LogP contribution in [0.15, 0.2) is 47.3 Å². The molecule has 7 heteroatoms. The Bertz CT molecular complexity index is 1220. The second kappa shape index (κ2) is 10.6. The molecular weight excluding hydrogens is 444 g/mol. The molecule has 1 aliphatic heterocycles. The number of fused-ring (bicyclic) bond motifs is 1. The molecule has 0 saturated carbocycles. The van der Waals surface area contributed by atoms with E-state index in [9.17, 15) is 4.79 Å². The maximum Gasteiger partial charge on any atom is 0.253 e. The van der Waals surface area contributed by atoms with Crippen molar-refractivity contribution < 1.29 is 4.74 Å². The molecule has 2 N–H and O–H groups in total. The molecule has 0 radical (unpaired) electrons. The van der Waals surface area contributed by atoms with E-state index in [-0.39, 0.29) is 5.56 Å². The number of pyridine rings is 1. The van der Waals surface area contributed by atoms with Gasteiger partial charge in [0.05, 0.1) is 19.2 Å². The summed E-state index contributed by atoms with van der Waals surface area (Å²) < 4.78 is 5.26. The number of nitrogens with zero attached hydrogens (tertiary/aromatic N) is 2. The van der Waals surface area contributed by atoms with Crippen LogP contribution in [0, 0.1) is 13.8 Å². The average molecular weight is 479 g/mol. The molecule has 2 heterocycles. The first-order valence-electron chi connectivity index (χ1n) is 12.0. The summed E-state index contributed by atoms with van der Waals surface area (Å²) in [4.78, 5) is 20.8. The molecule has 0 amide bonds. The van der Waals surface area contributed by atoms with Gasteiger partial charge in [-0.25, -0.2) is 0 Å². The highest BCUT2D eigenvalue weighted by molar-refractivity contribution is 7.80. The van der Waals surface area contributed by atoms with Gasteiger partial charge in [0, 0.05) is 23.8 Å². The van der Waals surface area contributed by atoms with E-state index in [1.165, 1.54) is 12.0 Å². The third-order valence-electron chi connectivity index (χ3n) is 6.95. The van der Waals surface area contributed by atoms with E-state index in [0.717, 1.165) is 59.5 Å². The summed E-state index contributed by atoms with van der Waals surface area (Å²) in [6.45, 7) is 9.68. The van der Waals surface area contributed by atoms with Crippen molar-refractivity contribution >= 4 is 33.9 Å². The van der Waals surface area contributed by atoms with Crippen LogP contribution in [0.1, 0.15) is 36.5 Å². The second-order valence-electron chi connectivity index (χ2n) is 9.06. The van der Waals surface area contributed by atoms with Gasteiger partial charge in [-0.2, -0.15) is 0 Å². The minimum atomic E-state index is -0.0581. The van der Waals surface area contributed by atoms with Gasteiger partial charge >= 0.3 is 0 Å². The number of aryl methyl sites for hydroxylation is 2. The van der Waals surface area contributed by atoms with E-state index in [1.807, 2.05) is 37.3 Å². The lowest BCUT2D eigenvalue weighted by molar-refractivity contribution is 0.221. The maximum absolute atomic E-state index is 13.1. The number of methoxy groups -OCH3 is 1. The van der Waals surface area contributed by atoms with Gasteiger partial charge in [-0.1, -0.05) is 19.1 Å². The smallest absolute Gasteiger partial charge is 0.253 e. The molecule has 6 nitrogen and oxygen atoms in total. The van der Waals surface area contributed by atoms with Crippen molar-refractivity contribution in [3.63, 3.8) is 0 Å². The highest BCUT2D eigenvalue weighted by Crippen LogP contribution is 2.22. The van der Waals surface area contributed by atoms with Crippen LogP contribution in [0.2, 0.25) is 0 Å². The fourth-order valence-electron chi connectivity index (χ4n) is 4.76. The molecule has 4 rings (SSSR count).